The van der Waals surface area contributed by atoms with Crippen LogP contribution in [0.4, 0.5) is 0 Å². The van der Waals surface area contributed by atoms with Crippen molar-refractivity contribution in [3.05, 3.63) is 25.9 Å². The Morgan fingerprint density at radius 1 is 1.75 bits per heavy atom. The lowest BCUT2D eigenvalue weighted by atomic mass is 10.4. The van der Waals surface area contributed by atoms with Crippen LogP contribution in [0.1, 0.15) is 5.82 Å². The summed E-state index contributed by atoms with van der Waals surface area (Å²) in [6.45, 7) is 1.47. The van der Waals surface area contributed by atoms with Crippen molar-refractivity contribution in [1.82, 2.24) is 14.9 Å². The van der Waals surface area contributed by atoms with Crippen molar-refractivity contribution < 1.29 is 4.79 Å². The quantitative estimate of drug-likeness (QED) is 0.613. The number of carbonyl (C=O) groups excluding carboxylic acids is 1. The van der Waals surface area contributed by atoms with Crippen LogP contribution < -0.4 is 10.9 Å². The molecular weight excluding hydrogens is 323 g/mol. The van der Waals surface area contributed by atoms with Crippen LogP contribution in [0.2, 0.25) is 0 Å². The number of nitriles is 1. The second-order valence-corrected chi connectivity index (χ2v) is 4.14. The number of hydrogen-bond donors (Lipinski definition) is 1. The van der Waals surface area contributed by atoms with Crippen LogP contribution in [-0.4, -0.2) is 22.0 Å². The minimum atomic E-state index is -0.379. The molecule has 1 N–H and O–H groups in total. The topological polar surface area (TPSA) is 87.8 Å². The van der Waals surface area contributed by atoms with Gasteiger partial charge in [-0.2, -0.15) is 5.26 Å². The average Bonchev–Trinajstić information content (AvgIpc) is 2.27. The van der Waals surface area contributed by atoms with Crippen LogP contribution in [0.25, 0.3) is 0 Å². The molecule has 0 atom stereocenters. The van der Waals surface area contributed by atoms with Crippen LogP contribution in [0, 0.1) is 21.8 Å². The third-order valence-corrected chi connectivity index (χ3v) is 2.61. The van der Waals surface area contributed by atoms with E-state index >= 15 is 0 Å². The highest BCUT2D eigenvalue weighted by molar-refractivity contribution is 14.1. The summed E-state index contributed by atoms with van der Waals surface area (Å²) in [7, 11) is 0. The molecule has 7 heteroatoms. The van der Waals surface area contributed by atoms with E-state index in [1.54, 1.807) is 13.0 Å². The standard InChI is InChI=1S/C9H9IN4O2/c1-6-13-4-7(10)9(16)14(6)5-8(15)12-3-2-11/h4H,3,5H2,1H3,(H,12,15). The SMILES string of the molecule is Cc1ncc(I)c(=O)n1CC(=O)NCC#N. The maximum Gasteiger partial charge on any atom is 0.267 e. The fourth-order valence-corrected chi connectivity index (χ4v) is 1.51. The Labute approximate surface area is 105 Å². The third kappa shape index (κ3) is 3.03. The van der Waals surface area contributed by atoms with Crippen LogP contribution in [0.5, 0.6) is 0 Å². The first-order valence-corrected chi connectivity index (χ1v) is 5.49. The maximum atomic E-state index is 11.7. The zero-order chi connectivity index (χ0) is 12.1. The van der Waals surface area contributed by atoms with Gasteiger partial charge in [-0.3, -0.25) is 14.2 Å². The van der Waals surface area contributed by atoms with Gasteiger partial charge in [-0.15, -0.1) is 0 Å². The lowest BCUT2D eigenvalue weighted by Crippen LogP contribution is -2.34. The fraction of sp³-hybridized carbons (Fsp3) is 0.333. The van der Waals surface area contributed by atoms with Gasteiger partial charge in [0.2, 0.25) is 5.91 Å². The van der Waals surface area contributed by atoms with Crippen LogP contribution >= 0.6 is 22.6 Å². The molecule has 0 fully saturated rings. The van der Waals surface area contributed by atoms with Gasteiger partial charge in [0.25, 0.3) is 5.56 Å². The Bertz CT molecular complexity index is 503. The van der Waals surface area contributed by atoms with Gasteiger partial charge in [-0.25, -0.2) is 4.98 Å². The van der Waals surface area contributed by atoms with Gasteiger partial charge in [-0.1, -0.05) is 0 Å². The smallest absolute Gasteiger partial charge is 0.267 e. The van der Waals surface area contributed by atoms with E-state index in [0.29, 0.717) is 9.39 Å². The summed E-state index contributed by atoms with van der Waals surface area (Å²) in [5.41, 5.74) is -0.250. The number of amides is 1. The molecule has 1 rings (SSSR count). The zero-order valence-corrected chi connectivity index (χ0v) is 10.7. The zero-order valence-electron chi connectivity index (χ0n) is 8.53. The largest absolute Gasteiger partial charge is 0.341 e. The second kappa shape index (κ2) is 5.60. The fourth-order valence-electron chi connectivity index (χ4n) is 1.07. The molecule has 0 aliphatic carbocycles. The van der Waals surface area contributed by atoms with Crippen LogP contribution in [0.3, 0.4) is 0 Å². The van der Waals surface area contributed by atoms with Crippen molar-refractivity contribution in [1.29, 1.82) is 5.26 Å². The number of halogens is 1. The first-order chi connectivity index (χ1) is 7.56. The Morgan fingerprint density at radius 2 is 2.44 bits per heavy atom. The first kappa shape index (κ1) is 12.6. The first-order valence-electron chi connectivity index (χ1n) is 4.42. The van der Waals surface area contributed by atoms with Gasteiger partial charge in [0.15, 0.2) is 0 Å². The molecule has 84 valence electrons. The number of aromatic nitrogens is 2. The molecule has 0 aliphatic rings. The van der Waals surface area contributed by atoms with E-state index < -0.39 is 0 Å². The number of nitrogens with one attached hydrogen (secondary N) is 1. The molecule has 0 spiro atoms. The molecule has 0 unspecified atom stereocenters. The van der Waals surface area contributed by atoms with E-state index in [1.165, 1.54) is 10.8 Å². The van der Waals surface area contributed by atoms with Crippen molar-refractivity contribution in [2.24, 2.45) is 0 Å². The van der Waals surface area contributed by atoms with E-state index in [1.807, 2.05) is 22.6 Å². The third-order valence-electron chi connectivity index (χ3n) is 1.87. The molecule has 0 aliphatic heterocycles. The lowest BCUT2D eigenvalue weighted by molar-refractivity contribution is -0.121. The molecule has 0 aromatic carbocycles. The molecule has 1 aromatic rings. The van der Waals surface area contributed by atoms with Gasteiger partial charge in [0, 0.05) is 6.20 Å². The summed E-state index contributed by atoms with van der Waals surface area (Å²) in [6, 6.07) is 1.79. The summed E-state index contributed by atoms with van der Waals surface area (Å²) in [4.78, 5) is 27.0. The van der Waals surface area contributed by atoms with E-state index in [0.717, 1.165) is 0 Å². The molecule has 6 nitrogen and oxygen atoms in total. The average molecular weight is 332 g/mol. The van der Waals surface area contributed by atoms with Crippen LogP contribution in [0.15, 0.2) is 11.0 Å². The number of carbonyl (C=O) groups is 1. The van der Waals surface area contributed by atoms with E-state index in [2.05, 4.69) is 10.3 Å². The number of nitrogens with zero attached hydrogens (tertiary/aromatic N) is 3. The molecule has 1 aromatic heterocycles. The molecule has 0 radical (unpaired) electrons. The van der Waals surface area contributed by atoms with E-state index in [4.69, 9.17) is 5.26 Å². The predicted molar refractivity (Wildman–Crippen MR) is 64.6 cm³/mol. The Hall–Kier alpha value is -1.43. The summed E-state index contributed by atoms with van der Waals surface area (Å²) in [5, 5.41) is 10.7. The summed E-state index contributed by atoms with van der Waals surface area (Å²) in [6.07, 6.45) is 1.46. The highest BCUT2D eigenvalue weighted by Gasteiger charge is 2.09. The molecule has 16 heavy (non-hydrogen) atoms. The highest BCUT2D eigenvalue weighted by atomic mass is 127. The summed E-state index contributed by atoms with van der Waals surface area (Å²) >= 11 is 1.86. The highest BCUT2D eigenvalue weighted by Crippen LogP contribution is 1.97. The molecule has 0 bridgehead atoms. The lowest BCUT2D eigenvalue weighted by Gasteiger charge is -2.08. The van der Waals surface area contributed by atoms with Crippen LogP contribution in [-0.2, 0) is 11.3 Å². The molecule has 0 saturated carbocycles. The van der Waals surface area contributed by atoms with Gasteiger partial charge < -0.3 is 5.32 Å². The Morgan fingerprint density at radius 3 is 3.06 bits per heavy atom. The Balaban J connectivity index is 2.90. The van der Waals surface area contributed by atoms with Crippen molar-refractivity contribution >= 4 is 28.5 Å². The van der Waals surface area contributed by atoms with Crippen molar-refractivity contribution in [2.45, 2.75) is 13.5 Å². The molecule has 0 saturated heterocycles. The molecule has 1 amide bonds. The number of aryl methyl sites for hydroxylation is 1. The maximum absolute atomic E-state index is 11.7. The van der Waals surface area contributed by atoms with E-state index in [-0.39, 0.29) is 24.6 Å². The molecule has 1 heterocycles. The minimum absolute atomic E-state index is 0.0655. The molecular formula is C9H9IN4O2. The number of hydrogen-bond acceptors (Lipinski definition) is 4. The summed E-state index contributed by atoms with van der Waals surface area (Å²) in [5.74, 6) is 0.0908. The van der Waals surface area contributed by atoms with Gasteiger partial charge in [0.05, 0.1) is 9.64 Å². The predicted octanol–water partition coefficient (Wildman–Crippen LogP) is -0.204. The van der Waals surface area contributed by atoms with Crippen molar-refractivity contribution in [3.8, 4) is 6.07 Å². The minimum Gasteiger partial charge on any atom is -0.341 e. The second-order valence-electron chi connectivity index (χ2n) is 2.98. The normalized spacial score (nSPS) is 9.56. The Kier molecular flexibility index (Phi) is 4.42. The van der Waals surface area contributed by atoms with E-state index in [9.17, 15) is 9.59 Å². The number of rotatable bonds is 3. The van der Waals surface area contributed by atoms with Gasteiger partial charge in [0.1, 0.15) is 18.9 Å². The van der Waals surface area contributed by atoms with Gasteiger partial charge >= 0.3 is 0 Å². The van der Waals surface area contributed by atoms with Crippen molar-refractivity contribution in [3.63, 3.8) is 0 Å². The monoisotopic (exact) mass is 332 g/mol. The van der Waals surface area contributed by atoms with Crippen molar-refractivity contribution in [2.75, 3.05) is 6.54 Å². The van der Waals surface area contributed by atoms with Gasteiger partial charge in [-0.05, 0) is 29.5 Å². The summed E-state index contributed by atoms with van der Waals surface area (Å²) < 4.78 is 1.73.